The Morgan fingerprint density at radius 2 is 1.45 bits per heavy atom. The third-order valence-electron chi connectivity index (χ3n) is 0.109. The van der Waals surface area contributed by atoms with E-state index in [-0.39, 0.29) is 41.0 Å². The molecule has 0 aromatic heterocycles. The summed E-state index contributed by atoms with van der Waals surface area (Å²) in [7, 11) is 0. The predicted octanol–water partition coefficient (Wildman–Crippen LogP) is -4.16. The molecular weight excluding hydrogens is 278 g/mol. The van der Waals surface area contributed by atoms with Crippen LogP contribution < -0.4 is 34.7 Å². The summed E-state index contributed by atoms with van der Waals surface area (Å²) in [5, 5.41) is 8.89. The molecule has 62 valence electrons. The molecule has 0 radical (unpaired) electrons. The third kappa shape index (κ3) is 114. The van der Waals surface area contributed by atoms with Crippen LogP contribution in [0.5, 0.6) is 0 Å². The number of hydrogen-bond acceptors (Lipinski definition) is 4. The molecule has 0 fully saturated rings. The number of carboxylic acids is 1. The van der Waals surface area contributed by atoms with Crippen LogP contribution in [0.25, 0.3) is 0 Å². The van der Waals surface area contributed by atoms with Gasteiger partial charge in [-0.05, 0) is 6.92 Å². The molecule has 0 aromatic carbocycles. The monoisotopic (exact) mass is 286 g/mol. The van der Waals surface area contributed by atoms with Gasteiger partial charge in [0.1, 0.15) is 0 Å². The zero-order valence-electron chi connectivity index (χ0n) is 6.51. The van der Waals surface area contributed by atoms with Crippen LogP contribution in [-0.4, -0.2) is 17.4 Å². The van der Waals surface area contributed by atoms with E-state index in [9.17, 15) is 4.79 Å². The van der Waals surface area contributed by atoms with Crippen LogP contribution in [0.1, 0.15) is 13.8 Å². The van der Waals surface area contributed by atoms with E-state index in [0.29, 0.717) is 0 Å². The fourth-order valence-electron chi connectivity index (χ4n) is 0. The molecule has 0 spiro atoms. The minimum absolute atomic E-state index is 0. The van der Waals surface area contributed by atoms with E-state index in [1.54, 1.807) is 0 Å². The second-order valence-corrected chi connectivity index (χ2v) is 1.50. The molecule has 0 saturated heterocycles. The second kappa shape index (κ2) is 16.9. The normalized spacial score (nSPS) is 5.36. The van der Waals surface area contributed by atoms with E-state index in [0.717, 1.165) is 6.92 Å². The van der Waals surface area contributed by atoms with E-state index in [2.05, 4.69) is 3.07 Å². The van der Waals surface area contributed by atoms with E-state index in [1.165, 1.54) is 29.9 Å². The largest absolute Gasteiger partial charge is 1.00 e. The number of aliphatic carboxylic acids is 1. The van der Waals surface area contributed by atoms with Gasteiger partial charge < -0.3 is 18.4 Å². The molecule has 0 aliphatic heterocycles. The van der Waals surface area contributed by atoms with Crippen molar-refractivity contribution >= 4 is 34.9 Å². The van der Waals surface area contributed by atoms with E-state index >= 15 is 0 Å². The Morgan fingerprint density at radius 1 is 1.36 bits per heavy atom. The van der Waals surface area contributed by atoms with Gasteiger partial charge in [0.2, 0.25) is 0 Å². The van der Waals surface area contributed by atoms with Crippen LogP contribution in [0.4, 0.5) is 0 Å². The Kier molecular flexibility index (Phi) is 34.7. The Labute approximate surface area is 101 Å². The maximum atomic E-state index is 9.58. The first kappa shape index (κ1) is 22.6. The van der Waals surface area contributed by atoms with Crippen LogP contribution in [0.2, 0.25) is 0 Å². The average Bonchev–Trinajstić information content (AvgIpc) is 1.65. The van der Waals surface area contributed by atoms with Gasteiger partial charge in [0, 0.05) is 12.9 Å². The Balaban J connectivity index is -0.0000000383. The maximum Gasteiger partial charge on any atom is 1.00 e. The molecule has 0 unspecified atom stereocenters. The van der Waals surface area contributed by atoms with E-state index in [4.69, 9.17) is 9.90 Å². The zero-order chi connectivity index (χ0) is 7.86. The van der Waals surface area contributed by atoms with Crippen LogP contribution in [0.15, 0.2) is 0 Å². The van der Waals surface area contributed by atoms with Crippen molar-refractivity contribution in [1.82, 2.24) is 0 Å². The fraction of sp³-hybridized carbons (Fsp3) is 0.500. The molecule has 2 N–H and O–H groups in total. The fourth-order valence-corrected chi connectivity index (χ4v) is 0. The number of carboxylic acid groups (broad SMARTS) is 1. The maximum absolute atomic E-state index is 9.58. The van der Waals surface area contributed by atoms with Gasteiger partial charge in [-0.2, -0.15) is 0 Å². The van der Waals surface area contributed by atoms with Crippen molar-refractivity contribution in [3.63, 3.8) is 0 Å². The van der Waals surface area contributed by atoms with E-state index in [1.807, 2.05) is 0 Å². The van der Waals surface area contributed by atoms with Crippen molar-refractivity contribution in [2.75, 3.05) is 0 Å². The molecule has 0 bridgehead atoms. The van der Waals surface area contributed by atoms with Gasteiger partial charge in [-0.15, -0.1) is 0 Å². The standard InChI is InChI=1S/C2H3IO2.C2H4O2.Na.H2O/c1-2(4)5-3;1-2(3)4;;/h1H3;1H3,(H,3,4);;1H2/q;;+1;/p-1. The Bertz CT molecular complexity index is 103. The molecule has 0 atom stereocenters. The third-order valence-corrected chi connectivity index (χ3v) is 0.729. The van der Waals surface area contributed by atoms with Gasteiger partial charge in [-0.3, -0.25) is 4.79 Å². The summed E-state index contributed by atoms with van der Waals surface area (Å²) < 4.78 is 4.08. The molecular formula is C4H8INaO5. The molecule has 0 heterocycles. The Morgan fingerprint density at radius 3 is 1.45 bits per heavy atom. The van der Waals surface area contributed by atoms with Crippen molar-refractivity contribution in [2.24, 2.45) is 0 Å². The number of halogens is 1. The number of rotatable bonds is 0. The summed E-state index contributed by atoms with van der Waals surface area (Å²) in [5.74, 6) is -1.34. The summed E-state index contributed by atoms with van der Waals surface area (Å²) >= 11 is 1.53. The van der Waals surface area contributed by atoms with Crippen molar-refractivity contribution < 1.29 is 52.8 Å². The van der Waals surface area contributed by atoms with Crippen LogP contribution >= 0.6 is 23.0 Å². The van der Waals surface area contributed by atoms with Gasteiger partial charge in [0.15, 0.2) is 23.0 Å². The molecule has 0 saturated carbocycles. The summed E-state index contributed by atoms with van der Waals surface area (Å²) in [6.45, 7) is 2.33. The minimum Gasteiger partial charge on any atom is -0.550 e. The quantitative estimate of drug-likeness (QED) is 0.333. The molecule has 0 rings (SSSR count). The van der Waals surface area contributed by atoms with Gasteiger partial charge in [-0.25, -0.2) is 0 Å². The molecule has 0 amide bonds. The molecule has 0 aromatic rings. The topological polar surface area (TPSA) is 97.9 Å². The summed E-state index contributed by atoms with van der Waals surface area (Å²) in [5.41, 5.74) is 0. The first-order valence-corrected chi connectivity index (χ1v) is 2.85. The van der Waals surface area contributed by atoms with Gasteiger partial charge in [0.05, 0.1) is 0 Å². The first-order valence-electron chi connectivity index (χ1n) is 1.97. The van der Waals surface area contributed by atoms with Gasteiger partial charge in [0.25, 0.3) is 0 Å². The van der Waals surface area contributed by atoms with Crippen LogP contribution in [0.3, 0.4) is 0 Å². The van der Waals surface area contributed by atoms with Crippen molar-refractivity contribution in [1.29, 1.82) is 0 Å². The zero-order valence-corrected chi connectivity index (χ0v) is 10.7. The molecule has 0 aliphatic carbocycles. The van der Waals surface area contributed by atoms with Gasteiger partial charge >= 0.3 is 35.5 Å². The predicted molar refractivity (Wildman–Crippen MR) is 40.1 cm³/mol. The number of hydrogen-bond donors (Lipinski definition) is 0. The number of carbonyl (C=O) groups excluding carboxylic acids is 2. The molecule has 7 heteroatoms. The number of carbonyl (C=O) groups is 2. The first-order chi connectivity index (χ1) is 4.00. The minimum atomic E-state index is -1.08. The smallest absolute Gasteiger partial charge is 0.550 e. The average molecular weight is 286 g/mol. The van der Waals surface area contributed by atoms with Crippen molar-refractivity contribution in [3.8, 4) is 0 Å². The molecule has 0 aliphatic rings. The van der Waals surface area contributed by atoms with Crippen LogP contribution in [-0.2, 0) is 12.7 Å². The van der Waals surface area contributed by atoms with Crippen molar-refractivity contribution in [2.45, 2.75) is 13.8 Å². The SMILES string of the molecule is CC(=O)OI.CC(=O)[O-].O.[Na+]. The molecule has 11 heavy (non-hydrogen) atoms. The molecule has 5 nitrogen and oxygen atoms in total. The Hall–Kier alpha value is 0.630. The van der Waals surface area contributed by atoms with E-state index < -0.39 is 5.97 Å². The second-order valence-electron chi connectivity index (χ2n) is 1.06. The van der Waals surface area contributed by atoms with Gasteiger partial charge in [-0.1, -0.05) is 0 Å². The summed E-state index contributed by atoms with van der Waals surface area (Å²) in [6, 6.07) is 0. The van der Waals surface area contributed by atoms with Crippen molar-refractivity contribution in [3.05, 3.63) is 0 Å². The van der Waals surface area contributed by atoms with Crippen LogP contribution in [0, 0.1) is 0 Å². The summed E-state index contributed by atoms with van der Waals surface area (Å²) in [4.78, 5) is 18.5. The summed E-state index contributed by atoms with van der Waals surface area (Å²) in [6.07, 6.45) is 0.